The monoisotopic (exact) mass is 1080 g/mol. The first-order valence-electron chi connectivity index (χ1n) is 28.7. The summed E-state index contributed by atoms with van der Waals surface area (Å²) in [6.07, 6.45) is 13.5. The van der Waals surface area contributed by atoms with Gasteiger partial charge in [0.05, 0.1) is 44.5 Å². The maximum absolute atomic E-state index is 16.9. The molecule has 8 nitrogen and oxygen atoms in total. The lowest BCUT2D eigenvalue weighted by molar-refractivity contribution is 0.591. The zero-order chi connectivity index (χ0) is 57.5. The first-order valence-corrected chi connectivity index (χ1v) is 28.7. The molecule has 0 aliphatic heterocycles. The molecule has 0 spiro atoms. The summed E-state index contributed by atoms with van der Waals surface area (Å²) >= 11 is 0. The molecule has 14 heteroatoms. The summed E-state index contributed by atoms with van der Waals surface area (Å²) in [7, 11) is -2.62. The van der Waals surface area contributed by atoms with E-state index >= 15 is 17.3 Å². The van der Waals surface area contributed by atoms with Gasteiger partial charge in [-0.05, 0) is 107 Å². The minimum atomic E-state index is -3.30. The number of unbranched alkanes of at least 4 members (excludes halogenated alkanes) is 10. The highest BCUT2D eigenvalue weighted by Gasteiger charge is 2.37. The van der Waals surface area contributed by atoms with Crippen molar-refractivity contribution in [2.24, 2.45) is 0 Å². The van der Waals surface area contributed by atoms with Gasteiger partial charge in [-0.3, -0.25) is 17.3 Å². The Morgan fingerprint density at radius 2 is 0.838 bits per heavy atom. The van der Waals surface area contributed by atoms with Crippen LogP contribution in [0.4, 0.5) is 28.6 Å². The highest BCUT2D eigenvalue weighted by Crippen LogP contribution is 2.38. The molecule has 0 saturated carbocycles. The molecular formula is C66H76B2F4N8. The van der Waals surface area contributed by atoms with Gasteiger partial charge in [-0.2, -0.15) is 10.5 Å². The molecule has 0 N–H and O–H groups in total. The molecule has 4 aromatic heterocycles. The van der Waals surface area contributed by atoms with Crippen LogP contribution in [-0.4, -0.2) is 60.9 Å². The van der Waals surface area contributed by atoms with Crippen molar-refractivity contribution >= 4 is 69.9 Å². The topological polar surface area (TPSA) is 89.7 Å². The van der Waals surface area contributed by atoms with E-state index in [9.17, 15) is 10.5 Å². The Labute approximate surface area is 471 Å². The number of halogens is 4. The number of hydrogen-bond donors (Lipinski definition) is 0. The van der Waals surface area contributed by atoms with Crippen LogP contribution in [0.15, 0.2) is 109 Å². The van der Waals surface area contributed by atoms with Gasteiger partial charge < -0.3 is 18.8 Å². The van der Waals surface area contributed by atoms with Gasteiger partial charge in [0.15, 0.2) is 0 Å². The van der Waals surface area contributed by atoms with Crippen molar-refractivity contribution in [1.82, 2.24) is 18.9 Å². The predicted molar refractivity (Wildman–Crippen MR) is 327 cm³/mol. The second-order valence-electron chi connectivity index (χ2n) is 23.6. The van der Waals surface area contributed by atoms with Crippen molar-refractivity contribution in [1.29, 1.82) is 10.5 Å². The van der Waals surface area contributed by atoms with E-state index in [1.165, 1.54) is 38.5 Å². The minimum absolute atomic E-state index is 0.0436. The SMILES string of the molecule is CCCCCCCCN(C)c1ccc(-c2c3/c(=C(\C#N)c4ccc5cc(C(C)(C)C)ccc5n4)n(B(F)F)c(-c4ccc(N(C)CCCCCCCC)cc4)c3/c(=C(\C#N)c3ccc4cc(C(C)(C)C)ccc4n3)n2B(F)F)cc1. The smallest absolute Gasteiger partial charge is 0.375 e. The molecule has 80 heavy (non-hydrogen) atoms. The van der Waals surface area contributed by atoms with Gasteiger partial charge in [0.2, 0.25) is 0 Å². The van der Waals surface area contributed by atoms with Crippen molar-refractivity contribution in [2.75, 3.05) is 37.0 Å². The number of rotatable bonds is 22. The van der Waals surface area contributed by atoms with Crippen molar-refractivity contribution in [3.63, 3.8) is 0 Å². The Morgan fingerprint density at radius 1 is 0.487 bits per heavy atom. The van der Waals surface area contributed by atoms with Gasteiger partial charge >= 0.3 is 14.8 Å². The van der Waals surface area contributed by atoms with E-state index in [2.05, 4.69) is 77.3 Å². The van der Waals surface area contributed by atoms with Crippen LogP contribution in [0.5, 0.6) is 0 Å². The molecule has 4 aromatic carbocycles. The van der Waals surface area contributed by atoms with E-state index in [1.807, 2.05) is 86.9 Å². The number of nitriles is 2. The van der Waals surface area contributed by atoms with Gasteiger partial charge in [0.1, 0.15) is 23.3 Å². The third-order valence-corrected chi connectivity index (χ3v) is 15.7. The molecule has 8 aromatic rings. The van der Waals surface area contributed by atoms with Crippen LogP contribution in [0.25, 0.3) is 66.2 Å². The number of fused-ring (bicyclic) bond motifs is 3. The zero-order valence-corrected chi connectivity index (χ0v) is 48.5. The van der Waals surface area contributed by atoms with Crippen LogP contribution >= 0.6 is 0 Å². The van der Waals surface area contributed by atoms with Gasteiger partial charge in [0.25, 0.3) is 0 Å². The lowest BCUT2D eigenvalue weighted by Crippen LogP contribution is -2.33. The summed E-state index contributed by atoms with van der Waals surface area (Å²) in [5.74, 6) is 0. The van der Waals surface area contributed by atoms with E-state index in [1.54, 1.807) is 36.4 Å². The van der Waals surface area contributed by atoms with Gasteiger partial charge in [-0.25, -0.2) is 9.97 Å². The second kappa shape index (κ2) is 25.4. The fourth-order valence-corrected chi connectivity index (χ4v) is 11.0. The Morgan fingerprint density at radius 3 is 1.16 bits per heavy atom. The third kappa shape index (κ3) is 12.7. The van der Waals surface area contributed by atoms with E-state index in [0.29, 0.717) is 11.0 Å². The predicted octanol–water partition coefficient (Wildman–Crippen LogP) is 16.1. The van der Waals surface area contributed by atoms with Gasteiger partial charge in [-0.1, -0.05) is 168 Å². The Balaban J connectivity index is 1.48. The van der Waals surface area contributed by atoms with E-state index in [4.69, 9.17) is 9.97 Å². The summed E-state index contributed by atoms with van der Waals surface area (Å²) in [6.45, 7) is 18.6. The molecule has 0 aliphatic carbocycles. The molecule has 0 radical (unpaired) electrons. The number of pyridine rings is 2. The van der Waals surface area contributed by atoms with Crippen LogP contribution < -0.4 is 20.5 Å². The Bertz CT molecular complexity index is 3450. The van der Waals surface area contributed by atoms with Crippen LogP contribution in [0.1, 0.15) is 155 Å². The average molecular weight is 1080 g/mol. The zero-order valence-electron chi connectivity index (χ0n) is 48.5. The fourth-order valence-electron chi connectivity index (χ4n) is 11.0. The maximum Gasteiger partial charge on any atom is 0.678 e. The first kappa shape index (κ1) is 58.8. The molecule has 4 heterocycles. The van der Waals surface area contributed by atoms with Crippen molar-refractivity contribution in [3.8, 4) is 34.7 Å². The van der Waals surface area contributed by atoms with Crippen LogP contribution in [0, 0.1) is 22.7 Å². The van der Waals surface area contributed by atoms with E-state index < -0.39 is 14.8 Å². The summed E-state index contributed by atoms with van der Waals surface area (Å²) in [5.41, 5.74) is 4.49. The summed E-state index contributed by atoms with van der Waals surface area (Å²) < 4.78 is 69.1. The Hall–Kier alpha value is -7.31. The average Bonchev–Trinajstić information content (AvgIpc) is 4.05. The molecule has 0 aliphatic rings. The van der Waals surface area contributed by atoms with Crippen molar-refractivity contribution in [2.45, 2.75) is 143 Å². The summed E-state index contributed by atoms with van der Waals surface area (Å²) in [6, 6.07) is 37.4. The van der Waals surface area contributed by atoms with E-state index in [-0.39, 0.29) is 77.3 Å². The quantitative estimate of drug-likeness (QED) is 0.0382. The van der Waals surface area contributed by atoms with E-state index in [0.717, 1.165) is 93.8 Å². The molecule has 0 bridgehead atoms. The number of benzene rings is 4. The largest absolute Gasteiger partial charge is 0.678 e. The molecule has 0 saturated heterocycles. The molecule has 0 fully saturated rings. The normalized spacial score (nSPS) is 12.7. The van der Waals surface area contributed by atoms with Crippen LogP contribution in [0.2, 0.25) is 0 Å². The number of anilines is 2. The van der Waals surface area contributed by atoms with Crippen LogP contribution in [-0.2, 0) is 10.8 Å². The summed E-state index contributed by atoms with van der Waals surface area (Å²) in [4.78, 5) is 14.1. The molecular weight excluding hydrogens is 1000 g/mol. The maximum atomic E-state index is 16.9. The summed E-state index contributed by atoms with van der Waals surface area (Å²) in [5, 5.41) is 23.9. The van der Waals surface area contributed by atoms with Gasteiger partial charge in [0, 0.05) is 60.1 Å². The fraction of sp³-hybridized carbons (Fsp3) is 0.394. The van der Waals surface area contributed by atoms with Crippen LogP contribution in [0.3, 0.4) is 0 Å². The molecule has 0 unspecified atom stereocenters. The molecule has 0 amide bonds. The molecule has 8 rings (SSSR count). The van der Waals surface area contributed by atoms with Gasteiger partial charge in [-0.15, -0.1) is 0 Å². The Kier molecular flexibility index (Phi) is 18.7. The molecule has 0 atom stereocenters. The standard InChI is InChI=1S/C66H76B2F4N8/c1-11-13-15-17-19-21-39-77(9)51-31-23-45(24-32-51)61-59-60(64(79(61)67(69)70)54(44-74)58-36-28-48-42-50(66(6,7)8)30-38-56(48)76-58)62(46-25-33-52(34-26-46)78(10)40-22-20-18-16-14-12-2)80(68(71)72)63(59)53(43-73)57-35-27-47-41-49(65(3,4)5)29-37-55(47)75-57/h23-38,41-42H,11-22,39-40H2,1-10H3/b63-53-,64-54-. The van der Waals surface area contributed by atoms with Crippen molar-refractivity contribution < 1.29 is 17.3 Å². The first-order chi connectivity index (χ1) is 38.3. The lowest BCUT2D eigenvalue weighted by atomic mass is 9.86. The third-order valence-electron chi connectivity index (χ3n) is 15.7. The number of nitrogens with zero attached hydrogens (tertiary/aromatic N) is 8. The number of aromatic nitrogens is 4. The van der Waals surface area contributed by atoms with Crippen molar-refractivity contribution in [3.05, 3.63) is 142 Å². The molecule has 414 valence electrons. The number of hydrogen-bond acceptors (Lipinski definition) is 6. The highest BCUT2D eigenvalue weighted by atomic mass is 19.2. The second-order valence-corrected chi connectivity index (χ2v) is 23.6. The minimum Gasteiger partial charge on any atom is -0.375 e. The highest BCUT2D eigenvalue weighted by molar-refractivity contribution is 6.45. The lowest BCUT2D eigenvalue weighted by Gasteiger charge is -2.20.